The molecule has 1 unspecified atom stereocenters. The first-order valence-electron chi connectivity index (χ1n) is 10.2. The highest BCUT2D eigenvalue weighted by Gasteiger charge is 2.37. The van der Waals surface area contributed by atoms with Crippen LogP contribution in [-0.4, -0.2) is 43.5 Å². The molecule has 1 aliphatic heterocycles. The molecule has 2 aromatic carbocycles. The second-order valence-electron chi connectivity index (χ2n) is 7.87. The zero-order valence-electron chi connectivity index (χ0n) is 18.7. The molecular weight excluding hydrogens is 414 g/mol. The minimum Gasteiger partial charge on any atom is -0.504 e. The normalized spacial score (nSPS) is 17.0. The fraction of sp³-hybridized carbons (Fsp3) is 0.391. The number of esters is 1. The van der Waals surface area contributed by atoms with E-state index in [2.05, 4.69) is 4.99 Å². The number of aliphatic imine (C=N–C) groups is 1. The van der Waals surface area contributed by atoms with Crippen LogP contribution in [0.25, 0.3) is 0 Å². The number of phenols is 1. The Morgan fingerprint density at radius 3 is 2.44 bits per heavy atom. The van der Waals surface area contributed by atoms with E-state index in [0.717, 1.165) is 5.56 Å². The van der Waals surface area contributed by atoms with Gasteiger partial charge in [0.25, 0.3) is 0 Å². The van der Waals surface area contributed by atoms with Crippen LogP contribution in [0.2, 0.25) is 0 Å². The Morgan fingerprint density at radius 1 is 1.19 bits per heavy atom. The average Bonchev–Trinajstić information content (AvgIpc) is 2.75. The third kappa shape index (κ3) is 4.66. The fourth-order valence-electron chi connectivity index (χ4n) is 3.74. The van der Waals surface area contributed by atoms with E-state index in [1.54, 1.807) is 24.3 Å². The van der Waals surface area contributed by atoms with Crippen LogP contribution < -0.4 is 25.7 Å². The molecule has 0 amide bonds. The highest BCUT2D eigenvalue weighted by Crippen LogP contribution is 2.52. The molecule has 0 aromatic heterocycles. The number of hydrogen-bond donors (Lipinski definition) is 3. The molecule has 1 aliphatic rings. The highest BCUT2D eigenvalue weighted by atomic mass is 16.6. The van der Waals surface area contributed by atoms with Crippen LogP contribution in [0.5, 0.6) is 23.0 Å². The summed E-state index contributed by atoms with van der Waals surface area (Å²) in [4.78, 5) is 16.3. The third-order valence-electron chi connectivity index (χ3n) is 5.60. The lowest BCUT2D eigenvalue weighted by Gasteiger charge is -2.37. The van der Waals surface area contributed by atoms with E-state index >= 15 is 0 Å². The van der Waals surface area contributed by atoms with Crippen molar-refractivity contribution in [3.63, 3.8) is 0 Å². The summed E-state index contributed by atoms with van der Waals surface area (Å²) in [5.41, 5.74) is 12.7. The van der Waals surface area contributed by atoms with E-state index in [-0.39, 0.29) is 24.1 Å². The van der Waals surface area contributed by atoms with E-state index in [4.69, 9.17) is 30.4 Å². The molecular formula is C23H29N3O6. The van der Waals surface area contributed by atoms with Gasteiger partial charge in [0, 0.05) is 17.5 Å². The fourth-order valence-corrected chi connectivity index (χ4v) is 3.74. The number of rotatable bonds is 7. The van der Waals surface area contributed by atoms with Crippen LogP contribution in [0, 0.1) is 6.92 Å². The van der Waals surface area contributed by atoms with Crippen molar-refractivity contribution in [2.45, 2.75) is 38.7 Å². The van der Waals surface area contributed by atoms with Gasteiger partial charge < -0.3 is 35.5 Å². The van der Waals surface area contributed by atoms with Crippen molar-refractivity contribution in [2.75, 3.05) is 20.8 Å². The van der Waals surface area contributed by atoms with Gasteiger partial charge in [-0.3, -0.25) is 0 Å². The molecule has 3 rings (SSSR count). The Hall–Kier alpha value is -3.62. The van der Waals surface area contributed by atoms with Crippen LogP contribution in [-0.2, 0) is 11.2 Å². The molecule has 0 radical (unpaired) electrons. The minimum absolute atomic E-state index is 0.0510. The highest BCUT2D eigenvalue weighted by molar-refractivity contribution is 5.90. The van der Waals surface area contributed by atoms with Crippen molar-refractivity contribution in [3.05, 3.63) is 41.0 Å². The van der Waals surface area contributed by atoms with Crippen molar-refractivity contribution in [1.29, 1.82) is 0 Å². The molecule has 0 spiro atoms. The molecule has 2 aromatic rings. The van der Waals surface area contributed by atoms with Crippen molar-refractivity contribution in [1.82, 2.24) is 0 Å². The number of carbonyl (C=O) groups is 1. The summed E-state index contributed by atoms with van der Waals surface area (Å²) in [6.45, 7) is 3.96. The van der Waals surface area contributed by atoms with Gasteiger partial charge in [-0.25, -0.2) is 9.79 Å². The summed E-state index contributed by atoms with van der Waals surface area (Å²) in [5, 5.41) is 10.4. The number of phenolic OH excluding ortho intramolecular Hbond substituents is 1. The van der Waals surface area contributed by atoms with Gasteiger partial charge in [0.1, 0.15) is 5.60 Å². The SMILES string of the molecule is COc1c(O)c(C)c2c(c1OC)OC(C)(CCOC(=O)c1ccc(N=C(N)N)cc1)CC2. The summed E-state index contributed by atoms with van der Waals surface area (Å²) < 4.78 is 22.6. The van der Waals surface area contributed by atoms with Gasteiger partial charge in [0.2, 0.25) is 11.5 Å². The zero-order chi connectivity index (χ0) is 23.5. The molecule has 5 N–H and O–H groups in total. The number of guanidine groups is 1. The Bertz CT molecular complexity index is 1030. The van der Waals surface area contributed by atoms with Gasteiger partial charge in [-0.2, -0.15) is 0 Å². The van der Waals surface area contributed by atoms with E-state index in [1.165, 1.54) is 14.2 Å². The first kappa shape index (κ1) is 23.1. The second kappa shape index (κ2) is 9.25. The predicted molar refractivity (Wildman–Crippen MR) is 120 cm³/mol. The molecule has 0 saturated heterocycles. The van der Waals surface area contributed by atoms with Crippen molar-refractivity contribution < 1.29 is 28.8 Å². The molecule has 172 valence electrons. The first-order chi connectivity index (χ1) is 15.2. The van der Waals surface area contributed by atoms with E-state index < -0.39 is 11.6 Å². The number of benzene rings is 2. The number of ether oxygens (including phenoxy) is 4. The van der Waals surface area contributed by atoms with Gasteiger partial charge in [-0.15, -0.1) is 0 Å². The monoisotopic (exact) mass is 443 g/mol. The van der Waals surface area contributed by atoms with Gasteiger partial charge in [-0.05, 0) is 51.0 Å². The summed E-state index contributed by atoms with van der Waals surface area (Å²) in [7, 11) is 2.97. The maximum absolute atomic E-state index is 12.4. The number of fused-ring (bicyclic) bond motifs is 1. The molecule has 0 bridgehead atoms. The quantitative estimate of drug-likeness (QED) is 0.337. The van der Waals surface area contributed by atoms with E-state index in [1.807, 2.05) is 13.8 Å². The predicted octanol–water partition coefficient (Wildman–Crippen LogP) is 2.95. The summed E-state index contributed by atoms with van der Waals surface area (Å²) in [5.74, 6) is 0.700. The molecule has 0 saturated carbocycles. The van der Waals surface area contributed by atoms with Crippen LogP contribution >= 0.6 is 0 Å². The van der Waals surface area contributed by atoms with Crippen LogP contribution in [0.1, 0.15) is 41.3 Å². The van der Waals surface area contributed by atoms with Crippen LogP contribution in [0.3, 0.4) is 0 Å². The molecule has 0 fully saturated rings. The first-order valence-corrected chi connectivity index (χ1v) is 10.2. The Morgan fingerprint density at radius 2 is 1.84 bits per heavy atom. The molecule has 1 heterocycles. The van der Waals surface area contributed by atoms with Crippen molar-refractivity contribution in [3.8, 4) is 23.0 Å². The zero-order valence-corrected chi connectivity index (χ0v) is 18.7. The summed E-state index contributed by atoms with van der Waals surface area (Å²) in [6.07, 6.45) is 1.86. The number of nitrogens with two attached hydrogens (primary N) is 2. The number of nitrogens with zero attached hydrogens (tertiary/aromatic N) is 1. The molecule has 1 atom stereocenters. The molecule has 32 heavy (non-hydrogen) atoms. The van der Waals surface area contributed by atoms with Gasteiger partial charge in [-0.1, -0.05) is 0 Å². The van der Waals surface area contributed by atoms with Gasteiger partial charge >= 0.3 is 5.97 Å². The second-order valence-corrected chi connectivity index (χ2v) is 7.87. The maximum atomic E-state index is 12.4. The number of methoxy groups -OCH3 is 2. The van der Waals surface area contributed by atoms with E-state index in [9.17, 15) is 9.90 Å². The van der Waals surface area contributed by atoms with Gasteiger partial charge in [0.15, 0.2) is 17.5 Å². The number of hydrogen-bond acceptors (Lipinski definition) is 7. The number of aromatic hydroxyl groups is 1. The summed E-state index contributed by atoms with van der Waals surface area (Å²) >= 11 is 0. The van der Waals surface area contributed by atoms with Gasteiger partial charge in [0.05, 0.1) is 32.1 Å². The topological polar surface area (TPSA) is 139 Å². The largest absolute Gasteiger partial charge is 0.504 e. The Labute approximate surface area is 186 Å². The minimum atomic E-state index is -0.577. The Kier molecular flexibility index (Phi) is 6.67. The third-order valence-corrected chi connectivity index (χ3v) is 5.60. The van der Waals surface area contributed by atoms with Crippen molar-refractivity contribution >= 4 is 17.6 Å². The lowest BCUT2D eigenvalue weighted by Crippen LogP contribution is -2.38. The maximum Gasteiger partial charge on any atom is 0.338 e. The van der Waals surface area contributed by atoms with Crippen LogP contribution in [0.4, 0.5) is 5.69 Å². The Balaban J connectivity index is 1.68. The van der Waals surface area contributed by atoms with Crippen molar-refractivity contribution in [2.24, 2.45) is 16.5 Å². The smallest absolute Gasteiger partial charge is 0.338 e. The van der Waals surface area contributed by atoms with Crippen LogP contribution in [0.15, 0.2) is 29.3 Å². The molecule has 0 aliphatic carbocycles. The van der Waals surface area contributed by atoms with E-state index in [0.29, 0.717) is 47.6 Å². The lowest BCUT2D eigenvalue weighted by molar-refractivity contribution is 0.0166. The lowest BCUT2D eigenvalue weighted by atomic mass is 9.87. The average molecular weight is 444 g/mol. The standard InChI is InChI=1S/C23H29N3O6/c1-13-16-9-10-23(2,32-18(16)20(30-4)19(29-3)17(13)27)11-12-31-21(28)14-5-7-15(8-6-14)26-22(24)25/h5-8,27H,9-12H2,1-4H3,(H4,24,25,26). The number of carbonyl (C=O) groups excluding carboxylic acids is 1. The summed E-state index contributed by atoms with van der Waals surface area (Å²) in [6, 6.07) is 6.48. The molecule has 9 heteroatoms. The molecule has 9 nitrogen and oxygen atoms in total.